The summed E-state index contributed by atoms with van der Waals surface area (Å²) in [5, 5.41) is 7.36. The molecular weight excluding hydrogens is 276 g/mol. The molecular formula is C18H26N2S. The molecule has 21 heavy (non-hydrogen) atoms. The maximum absolute atomic E-state index is 3.65. The van der Waals surface area contributed by atoms with Crippen LogP contribution in [0, 0.1) is 5.92 Å². The topological polar surface area (TPSA) is 15.3 Å². The van der Waals surface area contributed by atoms with Crippen LogP contribution in [0.4, 0.5) is 0 Å². The van der Waals surface area contributed by atoms with E-state index >= 15 is 0 Å². The first-order valence-electron chi connectivity index (χ1n) is 8.21. The van der Waals surface area contributed by atoms with Crippen LogP contribution in [0.5, 0.6) is 0 Å². The van der Waals surface area contributed by atoms with E-state index < -0.39 is 0 Å². The van der Waals surface area contributed by atoms with Crippen molar-refractivity contribution in [3.63, 3.8) is 0 Å². The molecule has 2 aromatic rings. The average Bonchev–Trinajstić information content (AvgIpc) is 2.92. The molecule has 1 aromatic carbocycles. The van der Waals surface area contributed by atoms with Crippen molar-refractivity contribution in [1.82, 2.24) is 10.2 Å². The van der Waals surface area contributed by atoms with Gasteiger partial charge in [-0.05, 0) is 60.8 Å². The molecule has 0 aliphatic carbocycles. The SMILES string of the molecule is CC(CNCc1csc2ccccc12)CN1CCCCC1. The van der Waals surface area contributed by atoms with E-state index in [9.17, 15) is 0 Å². The first-order valence-corrected chi connectivity index (χ1v) is 9.09. The Balaban J connectivity index is 1.45. The largest absolute Gasteiger partial charge is 0.312 e. The molecule has 1 unspecified atom stereocenters. The number of hydrogen-bond acceptors (Lipinski definition) is 3. The van der Waals surface area contributed by atoms with Crippen molar-refractivity contribution >= 4 is 21.4 Å². The third-order valence-electron chi connectivity index (χ3n) is 4.39. The number of thiophene rings is 1. The number of benzene rings is 1. The van der Waals surface area contributed by atoms with Crippen LogP contribution in [0.15, 0.2) is 29.6 Å². The summed E-state index contributed by atoms with van der Waals surface area (Å²) in [6, 6.07) is 8.71. The summed E-state index contributed by atoms with van der Waals surface area (Å²) in [5.74, 6) is 0.730. The Hall–Kier alpha value is -0.900. The number of likely N-dealkylation sites (tertiary alicyclic amines) is 1. The zero-order chi connectivity index (χ0) is 14.5. The normalized spacial score (nSPS) is 18.1. The van der Waals surface area contributed by atoms with Crippen LogP contribution in [0.25, 0.3) is 10.1 Å². The van der Waals surface area contributed by atoms with Crippen molar-refractivity contribution < 1.29 is 0 Å². The van der Waals surface area contributed by atoms with Gasteiger partial charge in [-0.2, -0.15) is 0 Å². The van der Waals surface area contributed by atoms with Crippen molar-refractivity contribution in [3.8, 4) is 0 Å². The van der Waals surface area contributed by atoms with E-state index in [1.165, 1.54) is 54.5 Å². The molecule has 0 bridgehead atoms. The average molecular weight is 302 g/mol. The van der Waals surface area contributed by atoms with Crippen molar-refractivity contribution in [2.45, 2.75) is 32.7 Å². The van der Waals surface area contributed by atoms with Crippen LogP contribution in [0.1, 0.15) is 31.7 Å². The standard InChI is InChI=1S/C18H26N2S/c1-15(13-20-9-5-2-6-10-20)11-19-12-16-14-21-18-8-4-3-7-17(16)18/h3-4,7-8,14-15,19H,2,5-6,9-13H2,1H3. The van der Waals surface area contributed by atoms with Gasteiger partial charge in [-0.3, -0.25) is 0 Å². The van der Waals surface area contributed by atoms with Gasteiger partial charge in [-0.25, -0.2) is 0 Å². The second-order valence-electron chi connectivity index (χ2n) is 6.35. The quantitative estimate of drug-likeness (QED) is 0.864. The highest BCUT2D eigenvalue weighted by molar-refractivity contribution is 7.17. The first-order chi connectivity index (χ1) is 10.3. The van der Waals surface area contributed by atoms with E-state index in [0.717, 1.165) is 19.0 Å². The van der Waals surface area contributed by atoms with Crippen LogP contribution >= 0.6 is 11.3 Å². The molecule has 0 saturated carbocycles. The Morgan fingerprint density at radius 3 is 2.86 bits per heavy atom. The van der Waals surface area contributed by atoms with E-state index in [1.807, 2.05) is 11.3 Å². The Morgan fingerprint density at radius 1 is 1.19 bits per heavy atom. The fourth-order valence-electron chi connectivity index (χ4n) is 3.27. The summed E-state index contributed by atoms with van der Waals surface area (Å²) in [5.41, 5.74) is 1.45. The minimum absolute atomic E-state index is 0.730. The fraction of sp³-hybridized carbons (Fsp3) is 0.556. The molecule has 3 heteroatoms. The number of fused-ring (bicyclic) bond motifs is 1. The highest BCUT2D eigenvalue weighted by Gasteiger charge is 2.13. The molecule has 1 aliphatic heterocycles. The van der Waals surface area contributed by atoms with E-state index in [4.69, 9.17) is 0 Å². The van der Waals surface area contributed by atoms with E-state index in [1.54, 1.807) is 0 Å². The summed E-state index contributed by atoms with van der Waals surface area (Å²) in [7, 11) is 0. The molecule has 1 aromatic heterocycles. The molecule has 1 fully saturated rings. The maximum atomic E-state index is 3.65. The van der Waals surface area contributed by atoms with Crippen LogP contribution < -0.4 is 5.32 Å². The van der Waals surface area contributed by atoms with Gasteiger partial charge in [0.25, 0.3) is 0 Å². The molecule has 0 amide bonds. The van der Waals surface area contributed by atoms with Gasteiger partial charge >= 0.3 is 0 Å². The Bertz CT molecular complexity index is 557. The third-order valence-corrected chi connectivity index (χ3v) is 5.40. The second kappa shape index (κ2) is 7.39. The lowest BCUT2D eigenvalue weighted by Crippen LogP contribution is -2.36. The van der Waals surface area contributed by atoms with E-state index in [-0.39, 0.29) is 0 Å². The molecule has 1 saturated heterocycles. The van der Waals surface area contributed by atoms with Gasteiger partial charge in [-0.1, -0.05) is 31.5 Å². The minimum atomic E-state index is 0.730. The van der Waals surface area contributed by atoms with Crippen molar-refractivity contribution in [2.75, 3.05) is 26.2 Å². The zero-order valence-electron chi connectivity index (χ0n) is 13.0. The molecule has 2 heterocycles. The van der Waals surface area contributed by atoms with Crippen LogP contribution in [-0.2, 0) is 6.54 Å². The Kier molecular flexibility index (Phi) is 5.28. The monoisotopic (exact) mass is 302 g/mol. The second-order valence-corrected chi connectivity index (χ2v) is 7.27. The van der Waals surface area contributed by atoms with Crippen LogP contribution in [-0.4, -0.2) is 31.1 Å². The Labute approximate surface area is 132 Å². The number of hydrogen-bond donors (Lipinski definition) is 1. The lowest BCUT2D eigenvalue weighted by molar-refractivity contribution is 0.199. The lowest BCUT2D eigenvalue weighted by atomic mass is 10.1. The number of piperidine rings is 1. The van der Waals surface area contributed by atoms with E-state index in [2.05, 4.69) is 46.8 Å². The number of nitrogens with zero attached hydrogens (tertiary/aromatic N) is 1. The predicted molar refractivity (Wildman–Crippen MR) is 93.0 cm³/mol. The van der Waals surface area contributed by atoms with Gasteiger partial charge in [0.15, 0.2) is 0 Å². The fourth-order valence-corrected chi connectivity index (χ4v) is 4.23. The molecule has 2 nitrogen and oxygen atoms in total. The van der Waals surface area contributed by atoms with Crippen molar-refractivity contribution in [1.29, 1.82) is 0 Å². The minimum Gasteiger partial charge on any atom is -0.312 e. The van der Waals surface area contributed by atoms with Gasteiger partial charge in [-0.15, -0.1) is 11.3 Å². The number of nitrogens with one attached hydrogen (secondary N) is 1. The number of rotatable bonds is 6. The summed E-state index contributed by atoms with van der Waals surface area (Å²) < 4.78 is 1.40. The van der Waals surface area contributed by atoms with Crippen molar-refractivity contribution in [2.24, 2.45) is 5.92 Å². The summed E-state index contributed by atoms with van der Waals surface area (Å²) >= 11 is 1.85. The Morgan fingerprint density at radius 2 is 2.00 bits per heavy atom. The molecule has 1 atom stereocenters. The molecule has 3 rings (SSSR count). The van der Waals surface area contributed by atoms with Gasteiger partial charge in [0, 0.05) is 17.8 Å². The highest BCUT2D eigenvalue weighted by Crippen LogP contribution is 2.25. The molecule has 0 radical (unpaired) electrons. The van der Waals surface area contributed by atoms with Gasteiger partial charge in [0.2, 0.25) is 0 Å². The van der Waals surface area contributed by atoms with Gasteiger partial charge in [0.05, 0.1) is 0 Å². The van der Waals surface area contributed by atoms with Crippen LogP contribution in [0.3, 0.4) is 0 Å². The van der Waals surface area contributed by atoms with Crippen LogP contribution in [0.2, 0.25) is 0 Å². The van der Waals surface area contributed by atoms with Gasteiger partial charge < -0.3 is 10.2 Å². The van der Waals surface area contributed by atoms with Crippen molar-refractivity contribution in [3.05, 3.63) is 35.2 Å². The zero-order valence-corrected chi connectivity index (χ0v) is 13.8. The molecule has 1 aliphatic rings. The summed E-state index contributed by atoms with van der Waals surface area (Å²) in [6.45, 7) is 8.33. The smallest absolute Gasteiger partial charge is 0.0346 e. The first kappa shape index (κ1) is 15.0. The summed E-state index contributed by atoms with van der Waals surface area (Å²) in [6.07, 6.45) is 4.20. The predicted octanol–water partition coefficient (Wildman–Crippen LogP) is 4.11. The summed E-state index contributed by atoms with van der Waals surface area (Å²) in [4.78, 5) is 2.63. The van der Waals surface area contributed by atoms with Gasteiger partial charge in [0.1, 0.15) is 0 Å². The maximum Gasteiger partial charge on any atom is 0.0346 e. The molecule has 1 N–H and O–H groups in total. The molecule has 114 valence electrons. The molecule has 0 spiro atoms. The highest BCUT2D eigenvalue weighted by atomic mass is 32.1. The lowest BCUT2D eigenvalue weighted by Gasteiger charge is -2.29. The van der Waals surface area contributed by atoms with E-state index in [0.29, 0.717) is 0 Å². The third kappa shape index (κ3) is 4.06.